The van der Waals surface area contributed by atoms with Crippen LogP contribution >= 0.6 is 0 Å². The van der Waals surface area contributed by atoms with E-state index in [2.05, 4.69) is 30.9 Å². The van der Waals surface area contributed by atoms with Crippen LogP contribution in [-0.4, -0.2) is 31.1 Å². The molecule has 1 saturated heterocycles. The summed E-state index contributed by atoms with van der Waals surface area (Å²) in [6.07, 6.45) is 4.70. The Balaban J connectivity index is 1.81. The zero-order valence-corrected chi connectivity index (χ0v) is 19.2. The van der Waals surface area contributed by atoms with Crippen LogP contribution in [-0.2, 0) is 20.6 Å². The van der Waals surface area contributed by atoms with Gasteiger partial charge in [0.15, 0.2) is 11.9 Å². The quantitative estimate of drug-likeness (QED) is 0.269. The molecule has 2 unspecified atom stereocenters. The summed E-state index contributed by atoms with van der Waals surface area (Å²) in [5, 5.41) is 0. The minimum Gasteiger partial charge on any atom is -0.445 e. The van der Waals surface area contributed by atoms with E-state index < -0.39 is 11.9 Å². The minimum atomic E-state index is -0.585. The van der Waals surface area contributed by atoms with Gasteiger partial charge >= 0.3 is 5.97 Å². The summed E-state index contributed by atoms with van der Waals surface area (Å²) >= 11 is 0. The van der Waals surface area contributed by atoms with Crippen LogP contribution in [0.5, 0.6) is 0 Å². The molecule has 1 aliphatic heterocycles. The van der Waals surface area contributed by atoms with Crippen molar-refractivity contribution in [2.45, 2.75) is 64.3 Å². The first kappa shape index (κ1) is 24.0. The third kappa shape index (κ3) is 7.51. The summed E-state index contributed by atoms with van der Waals surface area (Å²) in [5.41, 5.74) is 1.74. The molecule has 1 aliphatic rings. The molecule has 0 amide bonds. The zero-order valence-electron chi connectivity index (χ0n) is 19.2. The standard InChI is InChI=1S/C28H34O4/c1-3-4-5-12-17-26(32-27(29)24-15-10-7-11-16-24)25(22-23-13-8-6-9-14-23)18-19-28(2)30-20-21-31-28/h6-11,13-16,25-26H,3-5,18-22H2,1-2H3. The predicted molar refractivity (Wildman–Crippen MR) is 126 cm³/mol. The third-order valence-electron chi connectivity index (χ3n) is 5.78. The number of hydrogen-bond acceptors (Lipinski definition) is 4. The summed E-state index contributed by atoms with van der Waals surface area (Å²) in [6, 6.07) is 19.4. The molecule has 2 aromatic carbocycles. The van der Waals surface area contributed by atoms with Crippen LogP contribution < -0.4 is 0 Å². The molecular formula is C28H34O4. The Labute approximate surface area is 192 Å². The van der Waals surface area contributed by atoms with Crippen LogP contribution in [0, 0.1) is 17.8 Å². The van der Waals surface area contributed by atoms with E-state index in [-0.39, 0.29) is 11.9 Å². The van der Waals surface area contributed by atoms with Crippen molar-refractivity contribution in [2.75, 3.05) is 13.2 Å². The van der Waals surface area contributed by atoms with Crippen molar-refractivity contribution in [1.29, 1.82) is 0 Å². The van der Waals surface area contributed by atoms with Crippen molar-refractivity contribution in [3.05, 3.63) is 71.8 Å². The van der Waals surface area contributed by atoms with Gasteiger partial charge in [-0.3, -0.25) is 0 Å². The molecule has 0 aromatic heterocycles. The maximum Gasteiger partial charge on any atom is 0.339 e. The van der Waals surface area contributed by atoms with Gasteiger partial charge in [0, 0.05) is 18.8 Å². The number of carbonyl (C=O) groups is 1. The summed E-state index contributed by atoms with van der Waals surface area (Å²) < 4.78 is 17.6. The number of hydrogen-bond donors (Lipinski definition) is 0. The number of ether oxygens (including phenoxy) is 3. The predicted octanol–water partition coefficient (Wildman–Crippen LogP) is 5.81. The lowest BCUT2D eigenvalue weighted by Gasteiger charge is -2.28. The third-order valence-corrected chi connectivity index (χ3v) is 5.78. The number of carbonyl (C=O) groups excluding carboxylic acids is 1. The summed E-state index contributed by atoms with van der Waals surface area (Å²) in [6.45, 7) is 5.36. The maximum atomic E-state index is 12.9. The van der Waals surface area contributed by atoms with Gasteiger partial charge < -0.3 is 14.2 Å². The number of rotatable bonds is 10. The second-order valence-corrected chi connectivity index (χ2v) is 8.44. The van der Waals surface area contributed by atoms with Gasteiger partial charge in [-0.2, -0.15) is 0 Å². The second kappa shape index (κ2) is 12.4. The monoisotopic (exact) mass is 434 g/mol. The molecule has 0 saturated carbocycles. The number of benzene rings is 2. The number of unbranched alkanes of at least 4 members (excludes halogenated alkanes) is 2. The SMILES string of the molecule is CCCCC#CC(OC(=O)c1ccccc1)C(CCC1(C)OCCO1)Cc1ccccc1. The Hall–Kier alpha value is -2.61. The average Bonchev–Trinajstić information content (AvgIpc) is 3.26. The fourth-order valence-corrected chi connectivity index (χ4v) is 3.87. The van der Waals surface area contributed by atoms with Gasteiger partial charge in [-0.15, -0.1) is 0 Å². The van der Waals surface area contributed by atoms with E-state index in [0.29, 0.717) is 18.8 Å². The molecule has 4 heteroatoms. The van der Waals surface area contributed by atoms with Crippen LogP contribution in [0.3, 0.4) is 0 Å². The molecule has 0 aliphatic carbocycles. The molecule has 2 aromatic rings. The Morgan fingerprint density at radius 3 is 2.38 bits per heavy atom. The lowest BCUT2D eigenvalue weighted by Crippen LogP contribution is -2.32. The molecule has 4 nitrogen and oxygen atoms in total. The maximum absolute atomic E-state index is 12.9. The van der Waals surface area contributed by atoms with Crippen molar-refractivity contribution in [2.24, 2.45) is 5.92 Å². The van der Waals surface area contributed by atoms with Crippen molar-refractivity contribution >= 4 is 5.97 Å². The first-order chi connectivity index (χ1) is 15.6. The van der Waals surface area contributed by atoms with E-state index in [1.807, 2.05) is 43.3 Å². The first-order valence-electron chi connectivity index (χ1n) is 11.7. The van der Waals surface area contributed by atoms with Gasteiger partial charge in [-0.25, -0.2) is 4.79 Å². The Kier molecular flexibility index (Phi) is 9.34. The average molecular weight is 435 g/mol. The van der Waals surface area contributed by atoms with Gasteiger partial charge in [-0.05, 0) is 43.9 Å². The molecule has 32 heavy (non-hydrogen) atoms. The van der Waals surface area contributed by atoms with Gasteiger partial charge in [0.25, 0.3) is 0 Å². The van der Waals surface area contributed by atoms with E-state index in [1.54, 1.807) is 12.1 Å². The Morgan fingerprint density at radius 2 is 1.72 bits per heavy atom. The fraction of sp³-hybridized carbons (Fsp3) is 0.464. The molecule has 0 N–H and O–H groups in total. The van der Waals surface area contributed by atoms with Gasteiger partial charge in [0.2, 0.25) is 0 Å². The van der Waals surface area contributed by atoms with Crippen molar-refractivity contribution in [3.63, 3.8) is 0 Å². The van der Waals surface area contributed by atoms with Crippen molar-refractivity contribution < 1.29 is 19.0 Å². The van der Waals surface area contributed by atoms with Crippen LogP contribution in [0.25, 0.3) is 0 Å². The van der Waals surface area contributed by atoms with Crippen LogP contribution in [0.4, 0.5) is 0 Å². The molecule has 0 bridgehead atoms. The molecule has 170 valence electrons. The summed E-state index contributed by atoms with van der Waals surface area (Å²) in [4.78, 5) is 12.9. The van der Waals surface area contributed by atoms with Crippen LogP contribution in [0.15, 0.2) is 60.7 Å². The van der Waals surface area contributed by atoms with E-state index in [0.717, 1.165) is 38.5 Å². The highest BCUT2D eigenvalue weighted by atomic mass is 16.7. The molecule has 0 radical (unpaired) electrons. The van der Waals surface area contributed by atoms with E-state index in [4.69, 9.17) is 14.2 Å². The summed E-state index contributed by atoms with van der Waals surface area (Å²) in [7, 11) is 0. The topological polar surface area (TPSA) is 44.8 Å². The summed E-state index contributed by atoms with van der Waals surface area (Å²) in [5.74, 6) is 5.66. The van der Waals surface area contributed by atoms with Gasteiger partial charge in [-0.1, -0.05) is 73.7 Å². The van der Waals surface area contributed by atoms with Gasteiger partial charge in [0.1, 0.15) is 0 Å². The Morgan fingerprint density at radius 1 is 1.06 bits per heavy atom. The molecule has 1 fully saturated rings. The molecular weight excluding hydrogens is 400 g/mol. The number of esters is 1. The second-order valence-electron chi connectivity index (χ2n) is 8.44. The molecule has 3 rings (SSSR count). The first-order valence-corrected chi connectivity index (χ1v) is 11.7. The highest BCUT2D eigenvalue weighted by Crippen LogP contribution is 2.30. The van der Waals surface area contributed by atoms with Gasteiger partial charge in [0.05, 0.1) is 18.8 Å². The lowest BCUT2D eigenvalue weighted by atomic mass is 9.88. The normalized spacial score (nSPS) is 16.6. The molecule has 2 atom stereocenters. The zero-order chi connectivity index (χ0) is 22.7. The minimum absolute atomic E-state index is 0.0313. The highest BCUT2D eigenvalue weighted by molar-refractivity contribution is 5.89. The largest absolute Gasteiger partial charge is 0.445 e. The smallest absolute Gasteiger partial charge is 0.339 e. The highest BCUT2D eigenvalue weighted by Gasteiger charge is 2.34. The van der Waals surface area contributed by atoms with Crippen molar-refractivity contribution in [1.82, 2.24) is 0 Å². The Bertz CT molecular complexity index is 876. The van der Waals surface area contributed by atoms with Crippen molar-refractivity contribution in [3.8, 4) is 11.8 Å². The van der Waals surface area contributed by atoms with E-state index in [1.165, 1.54) is 5.56 Å². The lowest BCUT2D eigenvalue weighted by molar-refractivity contribution is -0.150. The van der Waals surface area contributed by atoms with E-state index >= 15 is 0 Å². The van der Waals surface area contributed by atoms with Crippen LogP contribution in [0.1, 0.15) is 61.9 Å². The molecule has 0 spiro atoms. The molecule has 1 heterocycles. The fourth-order valence-electron chi connectivity index (χ4n) is 3.87. The van der Waals surface area contributed by atoms with E-state index in [9.17, 15) is 4.79 Å². The van der Waals surface area contributed by atoms with Crippen LogP contribution in [0.2, 0.25) is 0 Å².